The van der Waals surface area contributed by atoms with Crippen molar-refractivity contribution in [1.29, 1.82) is 0 Å². The molecule has 0 fully saturated rings. The summed E-state index contributed by atoms with van der Waals surface area (Å²) >= 11 is 0. The van der Waals surface area contributed by atoms with E-state index in [1.807, 2.05) is 58.9 Å². The van der Waals surface area contributed by atoms with Gasteiger partial charge >= 0.3 is 0 Å². The Labute approximate surface area is 107 Å². The average Bonchev–Trinajstić information content (AvgIpc) is 2.26. The quantitative estimate of drug-likeness (QED) is 0.900. The smallest absolute Gasteiger partial charge is 0.0517 e. The Morgan fingerprint density at radius 3 is 2.06 bits per heavy atom. The minimum absolute atomic E-state index is 0.0438. The van der Waals surface area contributed by atoms with Crippen LogP contribution in [-0.4, -0.2) is 14.2 Å². The highest BCUT2D eigenvalue weighted by Crippen LogP contribution is 2.24. The molecule has 0 saturated carbocycles. The van der Waals surface area contributed by atoms with Gasteiger partial charge in [0.15, 0.2) is 0 Å². The minimum Gasteiger partial charge on any atom is -0.323 e. The summed E-state index contributed by atoms with van der Waals surface area (Å²) in [7, 11) is -0.943. The molecular weight excluding hydrogens is 230 g/mol. The Morgan fingerprint density at radius 2 is 1.65 bits per heavy atom. The standard InChI is InChI=1S/C14H23NOS/c1-10-6-8-12(9-7-10)13(15)11(2)17(16)14(3,4)5/h6-9,11,13H,15H2,1-5H3. The van der Waals surface area contributed by atoms with Gasteiger partial charge in [0.1, 0.15) is 0 Å². The van der Waals surface area contributed by atoms with Gasteiger partial charge in [-0.05, 0) is 40.2 Å². The van der Waals surface area contributed by atoms with Crippen molar-refractivity contribution in [3.05, 3.63) is 35.4 Å². The van der Waals surface area contributed by atoms with E-state index in [2.05, 4.69) is 0 Å². The highest BCUT2D eigenvalue weighted by atomic mass is 32.2. The van der Waals surface area contributed by atoms with Crippen molar-refractivity contribution in [2.75, 3.05) is 0 Å². The normalized spacial score (nSPS) is 17.5. The molecule has 1 aromatic carbocycles. The zero-order valence-electron chi connectivity index (χ0n) is 11.4. The second kappa shape index (κ2) is 5.32. The molecule has 0 aliphatic rings. The maximum absolute atomic E-state index is 12.3. The number of rotatable bonds is 3. The molecule has 96 valence electrons. The van der Waals surface area contributed by atoms with Crippen molar-refractivity contribution in [1.82, 2.24) is 0 Å². The summed E-state index contributed by atoms with van der Waals surface area (Å²) < 4.78 is 12.1. The molecule has 2 N–H and O–H groups in total. The number of benzene rings is 1. The van der Waals surface area contributed by atoms with Gasteiger partial charge in [-0.3, -0.25) is 4.21 Å². The predicted molar refractivity (Wildman–Crippen MR) is 75.5 cm³/mol. The Hall–Kier alpha value is -0.670. The van der Waals surface area contributed by atoms with Crippen LogP contribution in [0, 0.1) is 6.92 Å². The van der Waals surface area contributed by atoms with Gasteiger partial charge in [-0.15, -0.1) is 0 Å². The average molecular weight is 253 g/mol. The van der Waals surface area contributed by atoms with E-state index in [-0.39, 0.29) is 16.0 Å². The molecule has 0 aromatic heterocycles. The maximum atomic E-state index is 12.3. The number of hydrogen-bond donors (Lipinski definition) is 1. The van der Waals surface area contributed by atoms with E-state index in [1.54, 1.807) is 0 Å². The first-order valence-electron chi connectivity index (χ1n) is 5.96. The second-order valence-electron chi connectivity index (χ2n) is 5.55. The first-order valence-corrected chi connectivity index (χ1v) is 7.17. The second-order valence-corrected chi connectivity index (χ2v) is 8.11. The molecule has 0 saturated heterocycles. The van der Waals surface area contributed by atoms with Crippen molar-refractivity contribution < 1.29 is 4.21 Å². The van der Waals surface area contributed by atoms with Crippen LogP contribution < -0.4 is 5.73 Å². The maximum Gasteiger partial charge on any atom is 0.0517 e. The van der Waals surface area contributed by atoms with Gasteiger partial charge in [-0.25, -0.2) is 0 Å². The van der Waals surface area contributed by atoms with Crippen molar-refractivity contribution >= 4 is 10.8 Å². The predicted octanol–water partition coefficient (Wildman–Crippen LogP) is 2.93. The highest BCUT2D eigenvalue weighted by molar-refractivity contribution is 7.87. The summed E-state index contributed by atoms with van der Waals surface area (Å²) in [6, 6.07) is 7.96. The summed E-state index contributed by atoms with van der Waals surface area (Å²) in [5, 5.41) is -0.0438. The molecule has 0 bridgehead atoms. The molecule has 2 nitrogen and oxygen atoms in total. The van der Waals surface area contributed by atoms with E-state index in [0.717, 1.165) is 5.56 Å². The van der Waals surface area contributed by atoms with Crippen LogP contribution in [0.2, 0.25) is 0 Å². The zero-order chi connectivity index (χ0) is 13.2. The van der Waals surface area contributed by atoms with Crippen molar-refractivity contribution in [2.24, 2.45) is 5.73 Å². The molecule has 3 atom stereocenters. The molecule has 0 radical (unpaired) electrons. The molecule has 3 unspecified atom stereocenters. The van der Waals surface area contributed by atoms with Gasteiger partial charge in [-0.1, -0.05) is 29.8 Å². The summed E-state index contributed by atoms with van der Waals surface area (Å²) in [6.45, 7) is 9.97. The zero-order valence-corrected chi connectivity index (χ0v) is 12.2. The summed E-state index contributed by atoms with van der Waals surface area (Å²) in [5.41, 5.74) is 8.46. The minimum atomic E-state index is -0.943. The van der Waals surface area contributed by atoms with Crippen molar-refractivity contribution in [3.63, 3.8) is 0 Å². The van der Waals surface area contributed by atoms with E-state index >= 15 is 0 Å². The third-order valence-corrected chi connectivity index (χ3v) is 5.08. The van der Waals surface area contributed by atoms with E-state index in [4.69, 9.17) is 5.73 Å². The fourth-order valence-corrected chi connectivity index (χ4v) is 3.29. The van der Waals surface area contributed by atoms with Crippen LogP contribution in [-0.2, 0) is 10.8 Å². The van der Waals surface area contributed by atoms with E-state index in [9.17, 15) is 4.21 Å². The monoisotopic (exact) mass is 253 g/mol. The van der Waals surface area contributed by atoms with Crippen LogP contribution in [0.3, 0.4) is 0 Å². The molecule has 17 heavy (non-hydrogen) atoms. The largest absolute Gasteiger partial charge is 0.323 e. The molecule has 0 aliphatic carbocycles. The van der Waals surface area contributed by atoms with Crippen LogP contribution in [0.5, 0.6) is 0 Å². The molecule has 0 amide bonds. The first kappa shape index (κ1) is 14.4. The fourth-order valence-electron chi connectivity index (χ4n) is 1.75. The molecule has 1 aromatic rings. The van der Waals surface area contributed by atoms with Crippen LogP contribution in [0.1, 0.15) is 44.9 Å². The Morgan fingerprint density at radius 1 is 1.18 bits per heavy atom. The lowest BCUT2D eigenvalue weighted by Crippen LogP contribution is -2.36. The van der Waals surface area contributed by atoms with Gasteiger partial charge in [-0.2, -0.15) is 0 Å². The summed E-state index contributed by atoms with van der Waals surface area (Å²) in [6.07, 6.45) is 0. The van der Waals surface area contributed by atoms with E-state index < -0.39 is 10.8 Å². The lowest BCUT2D eigenvalue weighted by atomic mass is 10.0. The van der Waals surface area contributed by atoms with Crippen LogP contribution >= 0.6 is 0 Å². The first-order chi connectivity index (χ1) is 7.73. The number of aryl methyl sites for hydroxylation is 1. The lowest BCUT2D eigenvalue weighted by Gasteiger charge is -2.27. The fraction of sp³-hybridized carbons (Fsp3) is 0.571. The molecule has 0 spiro atoms. The molecular formula is C14H23NOS. The Bertz CT molecular complexity index is 392. The van der Waals surface area contributed by atoms with Gasteiger partial charge in [0.25, 0.3) is 0 Å². The topological polar surface area (TPSA) is 43.1 Å². The summed E-state index contributed by atoms with van der Waals surface area (Å²) in [5.74, 6) is 0. The molecule has 1 rings (SSSR count). The SMILES string of the molecule is Cc1ccc(C(N)C(C)S(=O)C(C)(C)C)cc1. The van der Waals surface area contributed by atoms with Crippen molar-refractivity contribution in [3.8, 4) is 0 Å². The molecule has 0 aliphatic heterocycles. The number of nitrogens with two attached hydrogens (primary N) is 1. The highest BCUT2D eigenvalue weighted by Gasteiger charge is 2.29. The Balaban J connectivity index is 2.87. The Kier molecular flexibility index (Phi) is 4.50. The third-order valence-electron chi connectivity index (χ3n) is 2.91. The van der Waals surface area contributed by atoms with Crippen molar-refractivity contribution in [2.45, 2.75) is 50.7 Å². The van der Waals surface area contributed by atoms with Crippen LogP contribution in [0.15, 0.2) is 24.3 Å². The van der Waals surface area contributed by atoms with E-state index in [0.29, 0.717) is 0 Å². The third kappa shape index (κ3) is 3.65. The number of hydrogen-bond acceptors (Lipinski definition) is 2. The molecule has 3 heteroatoms. The summed E-state index contributed by atoms with van der Waals surface area (Å²) in [4.78, 5) is 0. The van der Waals surface area contributed by atoms with Gasteiger partial charge < -0.3 is 5.73 Å². The van der Waals surface area contributed by atoms with E-state index in [1.165, 1.54) is 5.56 Å². The molecule has 0 heterocycles. The van der Waals surface area contributed by atoms with Gasteiger partial charge in [0.2, 0.25) is 0 Å². The van der Waals surface area contributed by atoms with Gasteiger partial charge in [0, 0.05) is 21.6 Å². The van der Waals surface area contributed by atoms with Crippen LogP contribution in [0.25, 0.3) is 0 Å². The van der Waals surface area contributed by atoms with Gasteiger partial charge in [0.05, 0.1) is 5.25 Å². The van der Waals surface area contributed by atoms with Crippen LogP contribution in [0.4, 0.5) is 0 Å². The lowest BCUT2D eigenvalue weighted by molar-refractivity contribution is 0.611.